The Morgan fingerprint density at radius 2 is 1.68 bits per heavy atom. The average molecular weight is 996 g/mol. The molecule has 69 heavy (non-hydrogen) atoms. The van der Waals surface area contributed by atoms with Crippen LogP contribution < -0.4 is 26.0 Å². The lowest BCUT2D eigenvalue weighted by molar-refractivity contribution is -0.139. The highest BCUT2D eigenvalue weighted by molar-refractivity contribution is 7.15. The van der Waals surface area contributed by atoms with Crippen LogP contribution in [-0.4, -0.2) is 105 Å². The molecule has 4 amide bonds. The quantitative estimate of drug-likeness (QED) is 0.0528. The number of thiophene rings is 1. The van der Waals surface area contributed by atoms with Gasteiger partial charge in [0.15, 0.2) is 12.4 Å². The van der Waals surface area contributed by atoms with Crippen molar-refractivity contribution in [3.05, 3.63) is 108 Å². The number of ether oxygens (including phenoxy) is 1. The van der Waals surface area contributed by atoms with Gasteiger partial charge in [-0.1, -0.05) is 55.1 Å². The van der Waals surface area contributed by atoms with Crippen molar-refractivity contribution in [1.29, 1.82) is 0 Å². The van der Waals surface area contributed by atoms with Gasteiger partial charge in [-0.15, -0.1) is 32.9 Å². The van der Waals surface area contributed by atoms with E-state index in [4.69, 9.17) is 26.3 Å². The van der Waals surface area contributed by atoms with Crippen LogP contribution in [0.25, 0.3) is 5.00 Å². The normalized spacial score (nSPS) is 17.8. The van der Waals surface area contributed by atoms with Crippen molar-refractivity contribution in [2.24, 2.45) is 10.9 Å². The number of nitrogens with one attached hydrogen (secondary N) is 4. The number of likely N-dealkylation sites (N-methyl/N-ethyl adjacent to an activating group) is 1. The van der Waals surface area contributed by atoms with Gasteiger partial charge in [0.25, 0.3) is 5.91 Å². The minimum atomic E-state index is -0.608. The second kappa shape index (κ2) is 22.3. The lowest BCUT2D eigenvalue weighted by Crippen LogP contribution is -2.55. The Morgan fingerprint density at radius 3 is 2.43 bits per heavy atom. The lowest BCUT2D eigenvalue weighted by atomic mass is 9.83. The third kappa shape index (κ3) is 11.3. The molecule has 4 N–H and O–H groups in total. The van der Waals surface area contributed by atoms with Gasteiger partial charge in [-0.05, 0) is 103 Å². The first kappa shape index (κ1) is 49.6. The first-order valence-corrected chi connectivity index (χ1v) is 25.8. The van der Waals surface area contributed by atoms with E-state index in [0.29, 0.717) is 59.0 Å². The number of fused-ring (bicyclic) bond motifs is 3. The summed E-state index contributed by atoms with van der Waals surface area (Å²) in [5.74, 6) is 0.582. The van der Waals surface area contributed by atoms with E-state index in [2.05, 4.69) is 45.3 Å². The summed E-state index contributed by atoms with van der Waals surface area (Å²) in [5.41, 5.74) is 4.37. The Labute approximate surface area is 415 Å². The molecule has 1 aliphatic carbocycles. The second-order valence-corrected chi connectivity index (χ2v) is 20.5. The fraction of sp³-hybridized carbons (Fsp3) is 0.460. The molecule has 5 aromatic rings. The molecule has 1 saturated heterocycles. The molecular formula is C50H59ClN10O6S2. The SMILES string of the molecule is CN[C@@H](C)C(=O)N[C@H](C(=O)N1CCC[C@H]1c1nc(C(=O)c2cccc(OCC(=O)NCCCNC(=O)C[C@@H]3N=C(c4ccc(Cl)cc4)c4c(sc(C)c4C)-n4c(C)nnc43)c2)cs1)C1CCCCC1. The van der Waals surface area contributed by atoms with E-state index in [1.54, 1.807) is 55.0 Å². The predicted octanol–water partition coefficient (Wildman–Crippen LogP) is 6.92. The van der Waals surface area contributed by atoms with E-state index in [-0.39, 0.29) is 60.1 Å². The van der Waals surface area contributed by atoms with Crippen LogP contribution in [0.3, 0.4) is 0 Å². The van der Waals surface area contributed by atoms with E-state index >= 15 is 0 Å². The number of likely N-dealkylation sites (tertiary alicyclic amines) is 1. The molecule has 364 valence electrons. The van der Waals surface area contributed by atoms with Crippen LogP contribution in [0.4, 0.5) is 0 Å². The minimum absolute atomic E-state index is 0.0492. The summed E-state index contributed by atoms with van der Waals surface area (Å²) in [4.78, 5) is 80.0. The van der Waals surface area contributed by atoms with Crippen molar-refractivity contribution < 1.29 is 28.7 Å². The monoisotopic (exact) mass is 994 g/mol. The average Bonchev–Trinajstić information content (AvgIpc) is 4.17. The van der Waals surface area contributed by atoms with Crippen molar-refractivity contribution in [1.82, 2.24) is 45.9 Å². The molecular weight excluding hydrogens is 936 g/mol. The summed E-state index contributed by atoms with van der Waals surface area (Å²) in [5, 5.41) is 24.7. The third-order valence-corrected chi connectivity index (χ3v) is 15.7. The van der Waals surface area contributed by atoms with Crippen LogP contribution in [0.2, 0.25) is 5.02 Å². The van der Waals surface area contributed by atoms with Gasteiger partial charge in [0.05, 0.1) is 24.2 Å². The van der Waals surface area contributed by atoms with Crippen molar-refractivity contribution in [3.8, 4) is 10.8 Å². The van der Waals surface area contributed by atoms with E-state index in [1.807, 2.05) is 40.7 Å². The Hall–Kier alpha value is -5.82. The standard InChI is InChI=1S/C50H59ClN10O6S2/c1-28-30(3)69-50-42(28)43(33-17-19-35(51)20-18-33)55-37(46-59-58-31(4)61(46)50)25-40(62)53-21-11-22-54-41(63)26-67-36-15-9-14-34(24-36)45(64)38-27-68-48(56-38)39-16-10-23-60(39)49(66)44(32-12-7-6-8-13-32)57-47(65)29(2)52-5/h9,14-15,17-20,24,27,29,32,37,39,44,52H,6-8,10-13,16,21-23,25-26H2,1-5H3,(H,53,62)(H,54,63)(H,57,65)/t29-,37-,39-,44-/m0/s1. The molecule has 3 aliphatic rings. The summed E-state index contributed by atoms with van der Waals surface area (Å²) in [7, 11) is 1.72. The molecule has 2 aliphatic heterocycles. The molecule has 19 heteroatoms. The molecule has 2 aromatic carbocycles. The first-order valence-electron chi connectivity index (χ1n) is 23.7. The van der Waals surface area contributed by atoms with Gasteiger partial charge in [-0.2, -0.15) is 0 Å². The van der Waals surface area contributed by atoms with Crippen molar-refractivity contribution >= 4 is 69.4 Å². The predicted molar refractivity (Wildman–Crippen MR) is 267 cm³/mol. The summed E-state index contributed by atoms with van der Waals surface area (Å²) < 4.78 is 7.79. The zero-order valence-electron chi connectivity index (χ0n) is 39.6. The van der Waals surface area contributed by atoms with E-state index in [0.717, 1.165) is 77.2 Å². The Morgan fingerprint density at radius 1 is 0.928 bits per heavy atom. The van der Waals surface area contributed by atoms with Gasteiger partial charge in [0, 0.05) is 51.6 Å². The maximum Gasteiger partial charge on any atom is 0.257 e. The molecule has 5 heterocycles. The number of amides is 4. The Balaban J connectivity index is 0.816. The van der Waals surface area contributed by atoms with E-state index in [9.17, 15) is 24.0 Å². The molecule has 0 radical (unpaired) electrons. The van der Waals surface area contributed by atoms with E-state index < -0.39 is 18.1 Å². The van der Waals surface area contributed by atoms with Gasteiger partial charge in [0.2, 0.25) is 23.5 Å². The number of halogens is 1. The van der Waals surface area contributed by atoms with Crippen LogP contribution in [0.15, 0.2) is 58.9 Å². The van der Waals surface area contributed by atoms with Crippen molar-refractivity contribution in [2.45, 2.75) is 110 Å². The molecule has 4 atom stereocenters. The topological polar surface area (TPSA) is 202 Å². The number of aromatic nitrogens is 4. The smallest absolute Gasteiger partial charge is 0.257 e. The molecule has 3 aromatic heterocycles. The fourth-order valence-electron chi connectivity index (χ4n) is 9.27. The van der Waals surface area contributed by atoms with Gasteiger partial charge >= 0.3 is 0 Å². The van der Waals surface area contributed by atoms with Crippen LogP contribution in [-0.2, 0) is 19.2 Å². The summed E-state index contributed by atoms with van der Waals surface area (Å²) in [6, 6.07) is 12.2. The number of benzene rings is 2. The lowest BCUT2D eigenvalue weighted by Gasteiger charge is -2.35. The van der Waals surface area contributed by atoms with Crippen molar-refractivity contribution in [3.63, 3.8) is 0 Å². The van der Waals surface area contributed by atoms with Gasteiger partial charge in [0.1, 0.15) is 39.4 Å². The number of ketones is 1. The number of carbonyl (C=O) groups excluding carboxylic acids is 5. The van der Waals surface area contributed by atoms with Crippen LogP contribution in [0.1, 0.15) is 131 Å². The van der Waals surface area contributed by atoms with Crippen LogP contribution in [0.5, 0.6) is 5.75 Å². The number of thiazole rings is 1. The number of aliphatic imine (C=N–C) groups is 1. The molecule has 16 nitrogen and oxygen atoms in total. The number of nitrogens with zero attached hydrogens (tertiary/aromatic N) is 6. The zero-order chi connectivity index (χ0) is 48.8. The molecule has 2 fully saturated rings. The molecule has 0 spiro atoms. The summed E-state index contributed by atoms with van der Waals surface area (Å²) in [6.45, 7) is 8.75. The van der Waals surface area contributed by atoms with E-state index in [1.165, 1.54) is 11.3 Å². The number of hydrogen-bond acceptors (Lipinski definition) is 13. The largest absolute Gasteiger partial charge is 0.484 e. The van der Waals surface area contributed by atoms with Gasteiger partial charge < -0.3 is 30.9 Å². The van der Waals surface area contributed by atoms with Gasteiger partial charge in [-0.3, -0.25) is 33.5 Å². The zero-order valence-corrected chi connectivity index (χ0v) is 42.0. The fourth-order valence-corrected chi connectivity index (χ4v) is 11.6. The maximum absolute atomic E-state index is 14.2. The van der Waals surface area contributed by atoms with Gasteiger partial charge in [-0.25, -0.2) is 4.98 Å². The Bertz CT molecular complexity index is 2730. The van der Waals surface area contributed by atoms with Crippen molar-refractivity contribution in [2.75, 3.05) is 33.3 Å². The summed E-state index contributed by atoms with van der Waals surface area (Å²) >= 11 is 9.24. The molecule has 0 bridgehead atoms. The molecule has 8 rings (SSSR count). The third-order valence-electron chi connectivity index (χ3n) is 13.3. The number of rotatable bonds is 18. The number of carbonyl (C=O) groups is 5. The molecule has 1 saturated carbocycles. The number of aryl methyl sites for hydroxylation is 2. The highest BCUT2D eigenvalue weighted by Crippen LogP contribution is 2.40. The summed E-state index contributed by atoms with van der Waals surface area (Å²) in [6.07, 6.45) is 7.04. The van der Waals surface area contributed by atoms with Crippen LogP contribution in [0, 0.1) is 26.7 Å². The second-order valence-electron chi connectivity index (χ2n) is 18.0. The molecule has 0 unspecified atom stereocenters. The highest BCUT2D eigenvalue weighted by Gasteiger charge is 2.40. The maximum atomic E-state index is 14.2. The first-order chi connectivity index (χ1) is 33.3. The Kier molecular flexibility index (Phi) is 16.0. The number of hydrogen-bond donors (Lipinski definition) is 4. The van der Waals surface area contributed by atoms with Crippen LogP contribution >= 0.6 is 34.3 Å². The highest BCUT2D eigenvalue weighted by atomic mass is 35.5. The minimum Gasteiger partial charge on any atom is -0.484 e.